The summed E-state index contributed by atoms with van der Waals surface area (Å²) in [5.74, 6) is 0. The van der Waals surface area contributed by atoms with Gasteiger partial charge in [0.1, 0.15) is 0 Å². The molecule has 0 radical (unpaired) electrons. The Balaban J connectivity index is 1.43. The fourth-order valence-electron chi connectivity index (χ4n) is 5.49. The Morgan fingerprint density at radius 2 is 1.20 bits per heavy atom. The molecule has 5 aromatic rings. The van der Waals surface area contributed by atoms with Gasteiger partial charge in [-0.3, -0.25) is 9.97 Å². The van der Waals surface area contributed by atoms with Crippen molar-refractivity contribution in [3.05, 3.63) is 150 Å². The molecule has 0 bridgehead atoms. The molecule has 2 aromatic heterocycles. The van der Waals surface area contributed by atoms with Gasteiger partial charge in [0.2, 0.25) is 0 Å². The van der Waals surface area contributed by atoms with E-state index in [9.17, 15) is 0 Å². The molecule has 0 spiro atoms. The van der Waals surface area contributed by atoms with E-state index in [1.54, 1.807) is 6.20 Å². The Kier molecular flexibility index (Phi) is 6.11. The summed E-state index contributed by atoms with van der Waals surface area (Å²) in [5.41, 5.74) is 9.26. The minimum absolute atomic E-state index is 1.10. The van der Waals surface area contributed by atoms with Crippen LogP contribution in [0.15, 0.2) is 134 Å². The van der Waals surface area contributed by atoms with Gasteiger partial charge in [0, 0.05) is 60.2 Å². The van der Waals surface area contributed by atoms with Gasteiger partial charge in [0.15, 0.2) is 0 Å². The van der Waals surface area contributed by atoms with Crippen LogP contribution >= 0.6 is 0 Å². The number of benzene rings is 3. The van der Waals surface area contributed by atoms with E-state index in [0.29, 0.717) is 0 Å². The molecule has 0 amide bonds. The molecule has 2 aliphatic heterocycles. The molecule has 2 aliphatic rings. The van der Waals surface area contributed by atoms with E-state index < -0.39 is 0 Å². The zero-order valence-electron chi connectivity index (χ0n) is 21.8. The van der Waals surface area contributed by atoms with Crippen molar-refractivity contribution in [2.45, 2.75) is 0 Å². The summed E-state index contributed by atoms with van der Waals surface area (Å²) in [6.45, 7) is 0. The van der Waals surface area contributed by atoms with Gasteiger partial charge in [-0.05, 0) is 85.5 Å². The highest BCUT2D eigenvalue weighted by Gasteiger charge is 2.16. The summed E-state index contributed by atoms with van der Waals surface area (Å²) in [7, 11) is 0. The van der Waals surface area contributed by atoms with Gasteiger partial charge >= 0.3 is 0 Å². The second-order valence-electron chi connectivity index (χ2n) is 9.71. The summed E-state index contributed by atoms with van der Waals surface area (Å²) < 4.78 is 0. The van der Waals surface area contributed by atoms with E-state index in [2.05, 4.69) is 112 Å². The molecular weight excluding hydrogens is 488 g/mol. The Labute approximate surface area is 232 Å². The molecule has 4 heterocycles. The molecule has 2 N–H and O–H groups in total. The lowest BCUT2D eigenvalue weighted by Crippen LogP contribution is -2.30. The first-order valence-electron chi connectivity index (χ1n) is 13.3. The standard InChI is InChI=1S/C36H26N4/c1-4-25(15-20-37-17-1)26-7-11-29(12-8-26)36-32-16-21-40-24-34(32)35(31-6-3-19-39-23-33(31)36)28-13-9-27(10-14-28)30-5-2-18-38-22-30/h1-24,37,39H. The Bertz CT molecular complexity index is 1960. The van der Waals surface area contributed by atoms with E-state index in [1.807, 2.05) is 49.3 Å². The van der Waals surface area contributed by atoms with Crippen LogP contribution in [-0.4, -0.2) is 9.97 Å². The topological polar surface area (TPSA) is 49.8 Å². The second kappa shape index (κ2) is 10.4. The van der Waals surface area contributed by atoms with Crippen molar-refractivity contribution in [2.75, 3.05) is 0 Å². The zero-order valence-corrected chi connectivity index (χ0v) is 21.8. The SMILES string of the molecule is C1=CNC=CC(c2ccc(-c3c4c(c(-c5ccc(-c6cccnc6)cc5)c5cnccc35)=CC=CNC=4)cc2)=C1. The zero-order chi connectivity index (χ0) is 26.7. The second-order valence-corrected chi connectivity index (χ2v) is 9.71. The normalized spacial score (nSPS) is 13.7. The maximum absolute atomic E-state index is 4.56. The van der Waals surface area contributed by atoms with Crippen molar-refractivity contribution >= 4 is 28.6 Å². The first-order valence-corrected chi connectivity index (χ1v) is 13.3. The maximum atomic E-state index is 4.56. The summed E-state index contributed by atoms with van der Waals surface area (Å²) in [6, 6.07) is 23.8. The van der Waals surface area contributed by atoms with E-state index in [4.69, 9.17) is 0 Å². The molecule has 0 saturated heterocycles. The van der Waals surface area contributed by atoms with E-state index >= 15 is 0 Å². The minimum Gasteiger partial charge on any atom is -0.368 e. The summed E-state index contributed by atoms with van der Waals surface area (Å²) >= 11 is 0. The fourth-order valence-corrected chi connectivity index (χ4v) is 5.49. The van der Waals surface area contributed by atoms with Crippen LogP contribution in [0.2, 0.25) is 0 Å². The number of aromatic nitrogens is 2. The molecule has 0 saturated carbocycles. The third kappa shape index (κ3) is 4.32. The monoisotopic (exact) mass is 514 g/mol. The van der Waals surface area contributed by atoms with E-state index in [0.717, 1.165) is 38.4 Å². The van der Waals surface area contributed by atoms with Gasteiger partial charge < -0.3 is 10.6 Å². The Morgan fingerprint density at radius 3 is 2.00 bits per heavy atom. The fraction of sp³-hybridized carbons (Fsp3) is 0. The molecule has 40 heavy (non-hydrogen) atoms. The average Bonchev–Trinajstić information content (AvgIpc) is 3.44. The number of allylic oxidation sites excluding steroid dienone is 5. The van der Waals surface area contributed by atoms with Crippen molar-refractivity contribution in [2.24, 2.45) is 0 Å². The maximum Gasteiger partial charge on any atom is 0.0353 e. The lowest BCUT2D eigenvalue weighted by Gasteiger charge is -2.16. The van der Waals surface area contributed by atoms with Crippen molar-refractivity contribution in [1.29, 1.82) is 0 Å². The summed E-state index contributed by atoms with van der Waals surface area (Å²) in [4.78, 5) is 8.84. The predicted molar refractivity (Wildman–Crippen MR) is 166 cm³/mol. The van der Waals surface area contributed by atoms with E-state index in [-0.39, 0.29) is 0 Å². The van der Waals surface area contributed by atoms with Gasteiger partial charge in [-0.25, -0.2) is 0 Å². The van der Waals surface area contributed by atoms with Gasteiger partial charge in [0.25, 0.3) is 0 Å². The first-order chi connectivity index (χ1) is 19.9. The number of nitrogens with one attached hydrogen (secondary N) is 2. The highest BCUT2D eigenvalue weighted by Crippen LogP contribution is 2.32. The summed E-state index contributed by atoms with van der Waals surface area (Å²) in [5, 5.41) is 11.1. The molecule has 0 fully saturated rings. The first kappa shape index (κ1) is 23.6. The van der Waals surface area contributed by atoms with Crippen molar-refractivity contribution in [1.82, 2.24) is 20.6 Å². The van der Waals surface area contributed by atoms with Crippen LogP contribution in [0.1, 0.15) is 5.56 Å². The van der Waals surface area contributed by atoms with Crippen LogP contribution in [0.25, 0.3) is 62.0 Å². The van der Waals surface area contributed by atoms with E-state index in [1.165, 1.54) is 27.3 Å². The third-order valence-electron chi connectivity index (χ3n) is 7.37. The van der Waals surface area contributed by atoms with Crippen LogP contribution in [0, 0.1) is 0 Å². The van der Waals surface area contributed by atoms with Crippen molar-refractivity contribution < 1.29 is 0 Å². The molecular formula is C36H26N4. The Morgan fingerprint density at radius 1 is 0.500 bits per heavy atom. The largest absolute Gasteiger partial charge is 0.368 e. The highest BCUT2D eigenvalue weighted by atomic mass is 14.8. The van der Waals surface area contributed by atoms with Gasteiger partial charge in [-0.2, -0.15) is 0 Å². The smallest absolute Gasteiger partial charge is 0.0353 e. The Hall–Kier alpha value is -5.48. The molecule has 4 heteroatoms. The number of hydrogen-bond acceptors (Lipinski definition) is 4. The molecule has 0 unspecified atom stereocenters. The lowest BCUT2D eigenvalue weighted by atomic mass is 9.88. The number of fused-ring (bicyclic) bond motifs is 2. The van der Waals surface area contributed by atoms with Crippen LogP contribution in [-0.2, 0) is 0 Å². The van der Waals surface area contributed by atoms with Gasteiger partial charge in [0.05, 0.1) is 0 Å². The van der Waals surface area contributed by atoms with Crippen LogP contribution in [0.3, 0.4) is 0 Å². The minimum atomic E-state index is 1.10. The highest BCUT2D eigenvalue weighted by molar-refractivity contribution is 6.05. The van der Waals surface area contributed by atoms with Gasteiger partial charge in [-0.1, -0.05) is 66.7 Å². The van der Waals surface area contributed by atoms with Crippen LogP contribution < -0.4 is 21.1 Å². The molecule has 0 aliphatic carbocycles. The van der Waals surface area contributed by atoms with Crippen molar-refractivity contribution in [3.63, 3.8) is 0 Å². The van der Waals surface area contributed by atoms with Crippen molar-refractivity contribution in [3.8, 4) is 33.4 Å². The predicted octanol–water partition coefficient (Wildman–Crippen LogP) is 6.28. The number of hydrogen-bond donors (Lipinski definition) is 2. The summed E-state index contributed by atoms with van der Waals surface area (Å²) in [6.07, 6.45) is 26.0. The molecule has 7 rings (SSSR count). The third-order valence-corrected chi connectivity index (χ3v) is 7.37. The number of nitrogens with zero attached hydrogens (tertiary/aromatic N) is 2. The molecule has 3 aromatic carbocycles. The molecule has 4 nitrogen and oxygen atoms in total. The average molecular weight is 515 g/mol. The number of pyridine rings is 2. The van der Waals surface area contributed by atoms with Crippen LogP contribution in [0.5, 0.6) is 0 Å². The number of rotatable bonds is 4. The molecule has 190 valence electrons. The lowest BCUT2D eigenvalue weighted by molar-refractivity contribution is 1.20. The van der Waals surface area contributed by atoms with Crippen LogP contribution in [0.4, 0.5) is 0 Å². The molecule has 0 atom stereocenters. The van der Waals surface area contributed by atoms with Gasteiger partial charge in [-0.15, -0.1) is 0 Å². The quantitative estimate of drug-likeness (QED) is 0.296.